The van der Waals surface area contributed by atoms with Crippen LogP contribution in [0.2, 0.25) is 0 Å². The van der Waals surface area contributed by atoms with Crippen LogP contribution in [-0.2, 0) is 9.53 Å². The molecule has 0 amide bonds. The number of allylic oxidation sites excluding steroid dienone is 2. The van der Waals surface area contributed by atoms with Gasteiger partial charge in [0.1, 0.15) is 6.10 Å². The zero-order chi connectivity index (χ0) is 33.7. The van der Waals surface area contributed by atoms with Crippen molar-refractivity contribution in [2.75, 3.05) is 13.2 Å². The lowest BCUT2D eigenvalue weighted by molar-refractivity contribution is -0.303. The van der Waals surface area contributed by atoms with E-state index in [0.717, 1.165) is 63.4 Å². The molecule has 0 saturated heterocycles. The van der Waals surface area contributed by atoms with E-state index in [1.54, 1.807) is 6.07 Å². The fourth-order valence-corrected chi connectivity index (χ4v) is 10.4. The summed E-state index contributed by atoms with van der Waals surface area (Å²) in [5.41, 5.74) is -4.25. The summed E-state index contributed by atoms with van der Waals surface area (Å²) in [7, 11) is 0. The summed E-state index contributed by atoms with van der Waals surface area (Å²) >= 11 is 0. The molecule has 4 aliphatic rings. The Kier molecular flexibility index (Phi) is 11.8. The van der Waals surface area contributed by atoms with Crippen LogP contribution in [0.25, 0.3) is 0 Å². The zero-order valence-corrected chi connectivity index (χ0v) is 28.3. The van der Waals surface area contributed by atoms with E-state index in [1.807, 2.05) is 0 Å². The molecule has 0 aromatic carbocycles. The predicted octanol–water partition coefficient (Wildman–Crippen LogP) is 5.30. The quantitative estimate of drug-likeness (QED) is 0.0958. The third kappa shape index (κ3) is 7.16. The van der Waals surface area contributed by atoms with Crippen molar-refractivity contribution in [2.45, 2.75) is 151 Å². The third-order valence-electron chi connectivity index (χ3n) is 12.8. The molecule has 9 atom stereocenters. The first-order chi connectivity index (χ1) is 22.5. The SMILES string of the molecule is CC12CC(CO)C3C(CCC4(O)CC(OC(=O)CCCCCC=CCCCCCCO)CCC34O)C1(O)CCC2c1ccc(=O)oc1. The maximum Gasteiger partial charge on any atom is 0.335 e. The van der Waals surface area contributed by atoms with Gasteiger partial charge in [-0.05, 0) is 113 Å². The van der Waals surface area contributed by atoms with Gasteiger partial charge in [-0.2, -0.15) is 0 Å². The molecule has 0 radical (unpaired) electrons. The van der Waals surface area contributed by atoms with Crippen molar-refractivity contribution in [3.8, 4) is 0 Å². The van der Waals surface area contributed by atoms with Gasteiger partial charge < -0.3 is 34.7 Å². The van der Waals surface area contributed by atoms with Crippen LogP contribution in [0.4, 0.5) is 0 Å². The number of aliphatic hydroxyl groups excluding tert-OH is 2. The number of hydrogen-bond donors (Lipinski definition) is 5. The molecule has 9 nitrogen and oxygen atoms in total. The van der Waals surface area contributed by atoms with Gasteiger partial charge >= 0.3 is 11.6 Å². The number of fused-ring (bicyclic) bond motifs is 5. The van der Waals surface area contributed by atoms with Crippen molar-refractivity contribution < 1.29 is 39.5 Å². The lowest BCUT2D eigenvalue weighted by Crippen LogP contribution is -2.73. The molecule has 4 fully saturated rings. The van der Waals surface area contributed by atoms with Gasteiger partial charge in [0.15, 0.2) is 0 Å². The maximum absolute atomic E-state index is 12.7. The minimum absolute atomic E-state index is 0.0629. The van der Waals surface area contributed by atoms with Gasteiger partial charge in [0.05, 0.1) is 23.1 Å². The highest BCUT2D eigenvalue weighted by atomic mass is 16.5. The molecule has 47 heavy (non-hydrogen) atoms. The Hall–Kier alpha value is -2.04. The second kappa shape index (κ2) is 15.2. The molecular formula is C38H58O9. The minimum Gasteiger partial charge on any atom is -0.462 e. The first kappa shape index (κ1) is 36.2. The normalized spacial score (nSPS) is 38.1. The molecule has 264 valence electrons. The molecule has 1 aromatic rings. The summed E-state index contributed by atoms with van der Waals surface area (Å²) in [5, 5.41) is 56.5. The van der Waals surface area contributed by atoms with Gasteiger partial charge in [-0.3, -0.25) is 4.79 Å². The highest BCUT2D eigenvalue weighted by Crippen LogP contribution is 2.70. The topological polar surface area (TPSA) is 158 Å². The Labute approximate surface area is 279 Å². The Bertz CT molecular complexity index is 1260. The monoisotopic (exact) mass is 658 g/mol. The van der Waals surface area contributed by atoms with E-state index >= 15 is 0 Å². The highest BCUT2D eigenvalue weighted by Gasteiger charge is 2.73. The highest BCUT2D eigenvalue weighted by molar-refractivity contribution is 5.69. The predicted molar refractivity (Wildman–Crippen MR) is 177 cm³/mol. The molecule has 1 aromatic heterocycles. The molecule has 9 unspecified atom stereocenters. The molecule has 4 saturated carbocycles. The Balaban J connectivity index is 1.14. The number of rotatable bonds is 15. The van der Waals surface area contributed by atoms with Gasteiger partial charge in [-0.25, -0.2) is 4.79 Å². The van der Waals surface area contributed by atoms with Crippen molar-refractivity contribution in [1.29, 1.82) is 0 Å². The van der Waals surface area contributed by atoms with E-state index in [0.29, 0.717) is 38.5 Å². The van der Waals surface area contributed by atoms with Gasteiger partial charge in [-0.15, -0.1) is 0 Å². The van der Waals surface area contributed by atoms with Gasteiger partial charge in [0, 0.05) is 43.5 Å². The number of esters is 1. The zero-order valence-electron chi connectivity index (χ0n) is 28.3. The van der Waals surface area contributed by atoms with Crippen molar-refractivity contribution >= 4 is 5.97 Å². The summed E-state index contributed by atoms with van der Waals surface area (Å²) in [6, 6.07) is 3.18. The first-order valence-corrected chi connectivity index (χ1v) is 18.3. The van der Waals surface area contributed by atoms with Gasteiger partial charge in [-0.1, -0.05) is 38.3 Å². The number of unbranched alkanes of at least 4 members (excludes halogenated alkanes) is 7. The molecule has 0 bridgehead atoms. The second-order valence-electron chi connectivity index (χ2n) is 15.4. The fourth-order valence-electron chi connectivity index (χ4n) is 10.4. The van der Waals surface area contributed by atoms with E-state index in [9.17, 15) is 30.0 Å². The van der Waals surface area contributed by atoms with Crippen LogP contribution in [0.5, 0.6) is 0 Å². The van der Waals surface area contributed by atoms with Crippen LogP contribution < -0.4 is 5.63 Å². The fraction of sp³-hybridized carbons (Fsp3) is 0.789. The number of hydrogen-bond acceptors (Lipinski definition) is 9. The first-order valence-electron chi connectivity index (χ1n) is 18.3. The van der Waals surface area contributed by atoms with E-state index in [1.165, 1.54) is 12.3 Å². The number of ether oxygens (including phenoxy) is 1. The van der Waals surface area contributed by atoms with Gasteiger partial charge in [0.2, 0.25) is 0 Å². The second-order valence-corrected chi connectivity index (χ2v) is 15.4. The molecule has 9 heteroatoms. The van der Waals surface area contributed by atoms with Gasteiger partial charge in [0.25, 0.3) is 0 Å². The summed E-state index contributed by atoms with van der Waals surface area (Å²) in [5.74, 6) is -1.46. The molecule has 0 aliphatic heterocycles. The molecule has 1 heterocycles. The molecular weight excluding hydrogens is 600 g/mol. The van der Waals surface area contributed by atoms with Crippen molar-refractivity contribution in [2.24, 2.45) is 23.2 Å². The summed E-state index contributed by atoms with van der Waals surface area (Å²) in [6.45, 7) is 2.17. The van der Waals surface area contributed by atoms with E-state index in [4.69, 9.17) is 14.3 Å². The van der Waals surface area contributed by atoms with Crippen LogP contribution >= 0.6 is 0 Å². The Morgan fingerprint density at radius 1 is 0.894 bits per heavy atom. The van der Waals surface area contributed by atoms with Crippen molar-refractivity contribution in [3.05, 3.63) is 46.5 Å². The standard InChI is InChI=1S/C38H58O9/c1-35-23-28(25-40)34-31(37(35,44)21-18-30(35)27-14-15-32(41)46-26-27)17-19-36(43)24-29(16-20-38(34,36)45)47-33(42)13-11-9-7-5-3-2-4-6-8-10-12-22-39/h2-3,14-15,26,28-31,34,39-40,43-45H,4-13,16-25H2,1H3. The minimum atomic E-state index is -1.51. The average Bonchev–Trinajstić information content (AvgIpc) is 3.32. The molecule has 4 aliphatic carbocycles. The van der Waals surface area contributed by atoms with Crippen LogP contribution in [0, 0.1) is 23.2 Å². The third-order valence-corrected chi connectivity index (χ3v) is 12.8. The largest absolute Gasteiger partial charge is 0.462 e. The average molecular weight is 659 g/mol. The molecule has 5 N–H and O–H groups in total. The summed E-state index contributed by atoms with van der Waals surface area (Å²) < 4.78 is 11.0. The number of aliphatic hydroxyl groups is 5. The van der Waals surface area contributed by atoms with E-state index < -0.39 is 39.9 Å². The number of carbonyl (C=O) groups excluding carboxylic acids is 1. The Morgan fingerprint density at radius 2 is 1.60 bits per heavy atom. The number of carbonyl (C=O) groups is 1. The smallest absolute Gasteiger partial charge is 0.335 e. The molecule has 0 spiro atoms. The maximum atomic E-state index is 12.7. The van der Waals surface area contributed by atoms with E-state index in [2.05, 4.69) is 19.1 Å². The van der Waals surface area contributed by atoms with Crippen LogP contribution in [0.15, 0.2) is 39.8 Å². The lowest BCUT2D eigenvalue weighted by Gasteiger charge is -2.66. The molecule has 5 rings (SSSR count). The van der Waals surface area contributed by atoms with E-state index in [-0.39, 0.29) is 56.2 Å². The van der Waals surface area contributed by atoms with Crippen molar-refractivity contribution in [3.63, 3.8) is 0 Å². The van der Waals surface area contributed by atoms with Crippen LogP contribution in [-0.4, -0.2) is 67.6 Å². The van der Waals surface area contributed by atoms with Crippen LogP contribution in [0.3, 0.4) is 0 Å². The summed E-state index contributed by atoms with van der Waals surface area (Å²) in [4.78, 5) is 24.4. The lowest BCUT2D eigenvalue weighted by atomic mass is 9.42. The van der Waals surface area contributed by atoms with Crippen molar-refractivity contribution in [1.82, 2.24) is 0 Å². The summed E-state index contributed by atoms with van der Waals surface area (Å²) in [6.07, 6.45) is 18.2. The van der Waals surface area contributed by atoms with Crippen LogP contribution in [0.1, 0.15) is 134 Å². The Morgan fingerprint density at radius 3 is 2.28 bits per heavy atom.